The topological polar surface area (TPSA) is 97.1 Å². The van der Waals surface area contributed by atoms with Crippen molar-refractivity contribution in [2.45, 2.75) is 12.5 Å². The molecule has 1 aromatic carbocycles. The molecule has 20 heavy (non-hydrogen) atoms. The number of nitrogen functional groups attached to an aromatic ring is 1. The third-order valence-electron chi connectivity index (χ3n) is 3.38. The normalized spacial score (nSPS) is 18.0. The van der Waals surface area contributed by atoms with Gasteiger partial charge >= 0.3 is 0 Å². The standard InChI is InChI=1S/C14H14N4O2/c15-13-10-4-2-1-3-9(10)11(7-17-13)14(20)18-8-5-12(19)16-6-8/h1-4,7-8H,5-6H2,(H2,15,17)(H,16,19)(H,18,20). The van der Waals surface area contributed by atoms with Crippen molar-refractivity contribution in [3.63, 3.8) is 0 Å². The summed E-state index contributed by atoms with van der Waals surface area (Å²) in [4.78, 5) is 27.5. The van der Waals surface area contributed by atoms with E-state index in [9.17, 15) is 9.59 Å². The van der Waals surface area contributed by atoms with Gasteiger partial charge in [-0.3, -0.25) is 9.59 Å². The molecule has 4 N–H and O–H groups in total. The van der Waals surface area contributed by atoms with Crippen molar-refractivity contribution in [3.8, 4) is 0 Å². The summed E-state index contributed by atoms with van der Waals surface area (Å²) in [5.74, 6) is 0.112. The molecule has 0 saturated carbocycles. The number of pyridine rings is 1. The van der Waals surface area contributed by atoms with Gasteiger partial charge in [0, 0.05) is 24.5 Å². The van der Waals surface area contributed by atoms with E-state index in [1.165, 1.54) is 6.20 Å². The zero-order chi connectivity index (χ0) is 14.1. The van der Waals surface area contributed by atoms with Gasteiger partial charge in [0.25, 0.3) is 5.91 Å². The maximum Gasteiger partial charge on any atom is 0.253 e. The molecule has 1 aliphatic heterocycles. The number of amides is 2. The fourth-order valence-corrected chi connectivity index (χ4v) is 2.37. The minimum atomic E-state index is -0.241. The van der Waals surface area contributed by atoms with Gasteiger partial charge in [-0.25, -0.2) is 4.98 Å². The molecular formula is C14H14N4O2. The Morgan fingerprint density at radius 3 is 2.80 bits per heavy atom. The lowest BCUT2D eigenvalue weighted by molar-refractivity contribution is -0.119. The van der Waals surface area contributed by atoms with Crippen LogP contribution in [0.5, 0.6) is 0 Å². The number of hydrogen-bond acceptors (Lipinski definition) is 4. The molecular weight excluding hydrogens is 256 g/mol. The summed E-state index contributed by atoms with van der Waals surface area (Å²) in [7, 11) is 0. The second kappa shape index (κ2) is 4.80. The first-order chi connectivity index (χ1) is 9.65. The van der Waals surface area contributed by atoms with Gasteiger partial charge in [-0.2, -0.15) is 0 Å². The fraction of sp³-hybridized carbons (Fsp3) is 0.214. The second-order valence-electron chi connectivity index (χ2n) is 4.78. The van der Waals surface area contributed by atoms with Crippen LogP contribution >= 0.6 is 0 Å². The second-order valence-corrected chi connectivity index (χ2v) is 4.78. The zero-order valence-electron chi connectivity index (χ0n) is 10.7. The van der Waals surface area contributed by atoms with E-state index in [0.29, 0.717) is 24.3 Å². The molecule has 1 unspecified atom stereocenters. The summed E-state index contributed by atoms with van der Waals surface area (Å²) in [6, 6.07) is 7.18. The lowest BCUT2D eigenvalue weighted by Gasteiger charge is -2.12. The summed E-state index contributed by atoms with van der Waals surface area (Å²) in [5.41, 5.74) is 6.28. The predicted molar refractivity (Wildman–Crippen MR) is 75.0 cm³/mol. The number of nitrogens with two attached hydrogens (primary N) is 1. The van der Waals surface area contributed by atoms with E-state index in [-0.39, 0.29) is 17.9 Å². The zero-order valence-corrected chi connectivity index (χ0v) is 10.7. The maximum absolute atomic E-state index is 12.3. The number of carbonyl (C=O) groups excluding carboxylic acids is 2. The molecule has 2 heterocycles. The van der Waals surface area contributed by atoms with Gasteiger partial charge in [0.1, 0.15) is 5.82 Å². The van der Waals surface area contributed by atoms with Crippen LogP contribution in [0, 0.1) is 0 Å². The largest absolute Gasteiger partial charge is 0.383 e. The molecule has 2 aromatic rings. The first-order valence-corrected chi connectivity index (χ1v) is 6.36. The average Bonchev–Trinajstić information content (AvgIpc) is 2.84. The molecule has 1 fully saturated rings. The summed E-state index contributed by atoms with van der Waals surface area (Å²) < 4.78 is 0. The van der Waals surface area contributed by atoms with Crippen LogP contribution in [0.3, 0.4) is 0 Å². The fourth-order valence-electron chi connectivity index (χ4n) is 2.37. The SMILES string of the molecule is Nc1ncc(C(=O)NC2CNC(=O)C2)c2ccccc12. The number of hydrogen-bond donors (Lipinski definition) is 3. The molecule has 1 saturated heterocycles. The summed E-state index contributed by atoms with van der Waals surface area (Å²) in [6.07, 6.45) is 1.78. The van der Waals surface area contributed by atoms with Crippen LogP contribution in [-0.2, 0) is 4.79 Å². The van der Waals surface area contributed by atoms with Crippen molar-refractivity contribution in [2.24, 2.45) is 0 Å². The van der Waals surface area contributed by atoms with Gasteiger partial charge in [0.2, 0.25) is 5.91 Å². The van der Waals surface area contributed by atoms with Gasteiger partial charge in [0.05, 0.1) is 11.6 Å². The highest BCUT2D eigenvalue weighted by Crippen LogP contribution is 2.22. The number of nitrogens with zero attached hydrogens (tertiary/aromatic N) is 1. The molecule has 6 nitrogen and oxygen atoms in total. The highest BCUT2D eigenvalue weighted by atomic mass is 16.2. The van der Waals surface area contributed by atoms with Crippen molar-refractivity contribution in [1.82, 2.24) is 15.6 Å². The number of rotatable bonds is 2. The van der Waals surface area contributed by atoms with Crippen LogP contribution in [0.1, 0.15) is 16.8 Å². The van der Waals surface area contributed by atoms with E-state index < -0.39 is 0 Å². The number of fused-ring (bicyclic) bond motifs is 1. The molecule has 102 valence electrons. The van der Waals surface area contributed by atoms with Crippen LogP contribution in [0.15, 0.2) is 30.5 Å². The molecule has 2 amide bonds. The van der Waals surface area contributed by atoms with E-state index in [1.807, 2.05) is 24.3 Å². The van der Waals surface area contributed by atoms with Crippen molar-refractivity contribution >= 4 is 28.4 Å². The van der Waals surface area contributed by atoms with E-state index in [4.69, 9.17) is 5.73 Å². The number of nitrogens with one attached hydrogen (secondary N) is 2. The van der Waals surface area contributed by atoms with Gasteiger partial charge < -0.3 is 16.4 Å². The first kappa shape index (κ1) is 12.4. The van der Waals surface area contributed by atoms with Gasteiger partial charge in [-0.1, -0.05) is 24.3 Å². The maximum atomic E-state index is 12.3. The van der Waals surface area contributed by atoms with E-state index in [1.54, 1.807) is 0 Å². The van der Waals surface area contributed by atoms with Gasteiger partial charge in [-0.15, -0.1) is 0 Å². The van der Waals surface area contributed by atoms with Crippen LogP contribution < -0.4 is 16.4 Å². The van der Waals surface area contributed by atoms with Crippen LogP contribution in [0.2, 0.25) is 0 Å². The quantitative estimate of drug-likeness (QED) is 0.737. The summed E-state index contributed by atoms with van der Waals surface area (Å²) >= 11 is 0. The van der Waals surface area contributed by atoms with Crippen molar-refractivity contribution in [2.75, 3.05) is 12.3 Å². The highest BCUT2D eigenvalue weighted by Gasteiger charge is 2.24. The Morgan fingerprint density at radius 1 is 1.35 bits per heavy atom. The first-order valence-electron chi connectivity index (χ1n) is 6.36. The molecule has 1 aromatic heterocycles. The minimum Gasteiger partial charge on any atom is -0.383 e. The predicted octanol–water partition coefficient (Wildman–Crippen LogP) is 0.435. The smallest absolute Gasteiger partial charge is 0.253 e. The van der Waals surface area contributed by atoms with Gasteiger partial charge in [0.15, 0.2) is 0 Å². The number of aromatic nitrogens is 1. The Labute approximate surface area is 115 Å². The van der Waals surface area contributed by atoms with Crippen LogP contribution in [-0.4, -0.2) is 29.4 Å². The third kappa shape index (κ3) is 2.16. The number of benzene rings is 1. The lowest BCUT2D eigenvalue weighted by Crippen LogP contribution is -2.36. The average molecular weight is 270 g/mol. The molecule has 0 radical (unpaired) electrons. The molecule has 3 rings (SSSR count). The molecule has 0 bridgehead atoms. The highest BCUT2D eigenvalue weighted by molar-refractivity contribution is 6.09. The summed E-state index contributed by atoms with van der Waals surface area (Å²) in [5, 5.41) is 7.03. The van der Waals surface area contributed by atoms with Crippen LogP contribution in [0.4, 0.5) is 5.82 Å². The Bertz CT molecular complexity index is 699. The van der Waals surface area contributed by atoms with Gasteiger partial charge in [-0.05, 0) is 5.39 Å². The third-order valence-corrected chi connectivity index (χ3v) is 3.38. The molecule has 0 spiro atoms. The van der Waals surface area contributed by atoms with E-state index in [0.717, 1.165) is 10.8 Å². The Morgan fingerprint density at radius 2 is 2.10 bits per heavy atom. The van der Waals surface area contributed by atoms with E-state index in [2.05, 4.69) is 15.6 Å². The molecule has 1 aliphatic rings. The minimum absolute atomic E-state index is 0.0458. The number of carbonyl (C=O) groups is 2. The molecule has 1 atom stereocenters. The Balaban J connectivity index is 1.92. The number of anilines is 1. The molecule has 6 heteroatoms. The van der Waals surface area contributed by atoms with Crippen LogP contribution in [0.25, 0.3) is 10.8 Å². The van der Waals surface area contributed by atoms with Crippen molar-refractivity contribution in [1.29, 1.82) is 0 Å². The van der Waals surface area contributed by atoms with E-state index >= 15 is 0 Å². The van der Waals surface area contributed by atoms with Crippen molar-refractivity contribution < 1.29 is 9.59 Å². The monoisotopic (exact) mass is 270 g/mol. The van der Waals surface area contributed by atoms with Crippen molar-refractivity contribution in [3.05, 3.63) is 36.0 Å². The Hall–Kier alpha value is -2.63. The summed E-state index contributed by atoms with van der Waals surface area (Å²) in [6.45, 7) is 0.463. The molecule has 0 aliphatic carbocycles. The Kier molecular flexibility index (Phi) is 2.98. The lowest BCUT2D eigenvalue weighted by atomic mass is 10.1.